The van der Waals surface area contributed by atoms with E-state index in [0.717, 1.165) is 11.3 Å². The van der Waals surface area contributed by atoms with Crippen molar-refractivity contribution in [2.75, 3.05) is 11.9 Å². The summed E-state index contributed by atoms with van der Waals surface area (Å²) in [5.41, 5.74) is 1.41. The molecule has 0 radical (unpaired) electrons. The maximum Gasteiger partial charge on any atom is 0.333 e. The van der Waals surface area contributed by atoms with Gasteiger partial charge in [-0.05, 0) is 87.4 Å². The van der Waals surface area contributed by atoms with Gasteiger partial charge in [0.05, 0.1) is 13.0 Å². The molecule has 8 heteroatoms. The fourth-order valence-corrected chi connectivity index (χ4v) is 3.49. The van der Waals surface area contributed by atoms with E-state index >= 15 is 0 Å². The Balaban J connectivity index is 1.65. The normalized spacial score (nSPS) is 11.8. The zero-order valence-corrected chi connectivity index (χ0v) is 21.4. The molecule has 0 spiro atoms. The SMILES string of the molecule is CCOc1ccc(CC(=O)Nc2ccc(C(=O)NC(C(=O)OC(C)(C)C)c3ccc(O)cc3)cc2)cc1. The predicted molar refractivity (Wildman–Crippen MR) is 141 cm³/mol. The lowest BCUT2D eigenvalue weighted by Gasteiger charge is -2.25. The van der Waals surface area contributed by atoms with Crippen LogP contribution in [0.2, 0.25) is 0 Å². The molecule has 0 bridgehead atoms. The largest absolute Gasteiger partial charge is 0.508 e. The molecule has 3 rings (SSSR count). The first-order valence-electron chi connectivity index (χ1n) is 12.0. The first-order valence-corrected chi connectivity index (χ1v) is 12.0. The van der Waals surface area contributed by atoms with Gasteiger partial charge in [0.1, 0.15) is 17.1 Å². The van der Waals surface area contributed by atoms with Crippen LogP contribution in [0.25, 0.3) is 0 Å². The van der Waals surface area contributed by atoms with Crippen LogP contribution in [-0.2, 0) is 20.7 Å². The molecule has 1 atom stereocenters. The number of nitrogens with one attached hydrogen (secondary N) is 2. The second-order valence-corrected chi connectivity index (χ2v) is 9.41. The molecule has 0 aliphatic carbocycles. The highest BCUT2D eigenvalue weighted by Gasteiger charge is 2.28. The standard InChI is InChI=1S/C29H32N2O6/c1-5-36-24-16-6-19(7-17-24)18-25(33)30-22-12-8-21(9-13-22)27(34)31-26(28(35)37-29(2,3)4)20-10-14-23(32)15-11-20/h6-17,26,32H,5,18H2,1-4H3,(H,30,33)(H,31,34). The Hall–Kier alpha value is -4.33. The molecule has 3 N–H and O–H groups in total. The van der Waals surface area contributed by atoms with Crippen LogP contribution in [0, 0.1) is 0 Å². The maximum atomic E-state index is 12.9. The van der Waals surface area contributed by atoms with Crippen molar-refractivity contribution in [1.29, 1.82) is 0 Å². The quantitative estimate of drug-likeness (QED) is 0.361. The minimum atomic E-state index is -1.07. The predicted octanol–water partition coefficient (Wildman–Crippen LogP) is 4.78. The van der Waals surface area contributed by atoms with Gasteiger partial charge in [-0.25, -0.2) is 4.79 Å². The van der Waals surface area contributed by atoms with Crippen LogP contribution in [0.3, 0.4) is 0 Å². The number of benzene rings is 3. The van der Waals surface area contributed by atoms with Gasteiger partial charge in [-0.3, -0.25) is 9.59 Å². The molecule has 0 heterocycles. The van der Waals surface area contributed by atoms with Gasteiger partial charge in [-0.15, -0.1) is 0 Å². The lowest BCUT2D eigenvalue weighted by molar-refractivity contribution is -0.157. The molecule has 3 aromatic carbocycles. The summed E-state index contributed by atoms with van der Waals surface area (Å²) >= 11 is 0. The topological polar surface area (TPSA) is 114 Å². The number of rotatable bonds is 9. The van der Waals surface area contributed by atoms with E-state index in [2.05, 4.69) is 10.6 Å². The lowest BCUT2D eigenvalue weighted by Crippen LogP contribution is -2.38. The second-order valence-electron chi connectivity index (χ2n) is 9.41. The Morgan fingerprint density at radius 3 is 2.08 bits per heavy atom. The van der Waals surface area contributed by atoms with Crippen molar-refractivity contribution in [3.05, 3.63) is 89.5 Å². The first-order chi connectivity index (χ1) is 17.5. The summed E-state index contributed by atoms with van der Waals surface area (Å²) in [5.74, 6) is -0.516. The number of esters is 1. The number of carbonyl (C=O) groups is 3. The molecule has 2 amide bonds. The van der Waals surface area contributed by atoms with Crippen LogP contribution >= 0.6 is 0 Å². The first kappa shape index (κ1) is 27.3. The van der Waals surface area contributed by atoms with Crippen LogP contribution in [0.15, 0.2) is 72.8 Å². The van der Waals surface area contributed by atoms with Gasteiger partial charge in [-0.2, -0.15) is 0 Å². The smallest absolute Gasteiger partial charge is 0.333 e. The average Bonchev–Trinajstić information content (AvgIpc) is 2.84. The number of ether oxygens (including phenoxy) is 2. The third-order valence-corrected chi connectivity index (χ3v) is 5.17. The molecular formula is C29H32N2O6. The van der Waals surface area contributed by atoms with Crippen LogP contribution in [0.4, 0.5) is 5.69 Å². The van der Waals surface area contributed by atoms with E-state index in [0.29, 0.717) is 23.4 Å². The van der Waals surface area contributed by atoms with Crippen molar-refractivity contribution in [3.63, 3.8) is 0 Å². The minimum Gasteiger partial charge on any atom is -0.508 e. The summed E-state index contributed by atoms with van der Waals surface area (Å²) in [7, 11) is 0. The summed E-state index contributed by atoms with van der Waals surface area (Å²) in [6, 6.07) is 18.6. The maximum absolute atomic E-state index is 12.9. The molecule has 0 saturated heterocycles. The number of hydrogen-bond donors (Lipinski definition) is 3. The molecule has 0 aromatic heterocycles. The Bertz CT molecular complexity index is 1210. The third-order valence-electron chi connectivity index (χ3n) is 5.17. The van der Waals surface area contributed by atoms with E-state index < -0.39 is 23.5 Å². The Labute approximate surface area is 216 Å². The van der Waals surface area contributed by atoms with Crippen LogP contribution in [-0.4, -0.2) is 35.1 Å². The molecule has 0 aliphatic heterocycles. The third kappa shape index (κ3) is 8.38. The Kier molecular flexibility index (Phi) is 8.90. The second kappa shape index (κ2) is 12.1. The highest BCUT2D eigenvalue weighted by molar-refractivity contribution is 5.98. The monoisotopic (exact) mass is 504 g/mol. The van der Waals surface area contributed by atoms with Crippen LogP contribution in [0.5, 0.6) is 11.5 Å². The molecule has 194 valence electrons. The summed E-state index contributed by atoms with van der Waals surface area (Å²) in [5, 5.41) is 15.1. The van der Waals surface area contributed by atoms with E-state index in [1.54, 1.807) is 57.2 Å². The van der Waals surface area contributed by atoms with E-state index in [1.807, 2.05) is 31.2 Å². The zero-order chi connectivity index (χ0) is 27.0. The number of hydrogen-bond acceptors (Lipinski definition) is 6. The number of phenols is 1. The van der Waals surface area contributed by atoms with Crippen molar-refractivity contribution >= 4 is 23.5 Å². The van der Waals surface area contributed by atoms with Gasteiger partial charge in [0.2, 0.25) is 5.91 Å². The molecule has 3 aromatic rings. The molecule has 0 saturated carbocycles. The van der Waals surface area contributed by atoms with Gasteiger partial charge in [0, 0.05) is 11.3 Å². The molecule has 0 fully saturated rings. The minimum absolute atomic E-state index is 0.0400. The Morgan fingerprint density at radius 2 is 1.51 bits per heavy atom. The van der Waals surface area contributed by atoms with E-state index in [1.165, 1.54) is 12.1 Å². The van der Waals surface area contributed by atoms with Crippen molar-refractivity contribution < 1.29 is 29.0 Å². The molecule has 0 aliphatic rings. The summed E-state index contributed by atoms with van der Waals surface area (Å²) in [4.78, 5) is 38.2. The number of carbonyl (C=O) groups excluding carboxylic acids is 3. The highest BCUT2D eigenvalue weighted by atomic mass is 16.6. The summed E-state index contributed by atoms with van der Waals surface area (Å²) in [6.45, 7) is 7.70. The number of aromatic hydroxyl groups is 1. The fourth-order valence-electron chi connectivity index (χ4n) is 3.49. The molecule has 8 nitrogen and oxygen atoms in total. The Morgan fingerprint density at radius 1 is 0.892 bits per heavy atom. The van der Waals surface area contributed by atoms with Gasteiger partial charge < -0.3 is 25.2 Å². The number of amides is 2. The van der Waals surface area contributed by atoms with Gasteiger partial charge >= 0.3 is 5.97 Å². The lowest BCUT2D eigenvalue weighted by atomic mass is 10.1. The van der Waals surface area contributed by atoms with Gasteiger partial charge in [-0.1, -0.05) is 24.3 Å². The number of anilines is 1. The van der Waals surface area contributed by atoms with Crippen LogP contribution in [0.1, 0.15) is 55.2 Å². The number of phenolic OH excluding ortho intramolecular Hbond substituents is 1. The molecule has 37 heavy (non-hydrogen) atoms. The zero-order valence-electron chi connectivity index (χ0n) is 21.4. The van der Waals surface area contributed by atoms with Crippen molar-refractivity contribution in [2.45, 2.75) is 45.8 Å². The average molecular weight is 505 g/mol. The van der Waals surface area contributed by atoms with Gasteiger partial charge in [0.15, 0.2) is 6.04 Å². The van der Waals surface area contributed by atoms with Crippen molar-refractivity contribution in [3.8, 4) is 11.5 Å². The summed E-state index contributed by atoms with van der Waals surface area (Å²) < 4.78 is 10.9. The summed E-state index contributed by atoms with van der Waals surface area (Å²) in [6.07, 6.45) is 0.193. The van der Waals surface area contributed by atoms with E-state index in [4.69, 9.17) is 9.47 Å². The van der Waals surface area contributed by atoms with Crippen molar-refractivity contribution in [2.24, 2.45) is 0 Å². The van der Waals surface area contributed by atoms with E-state index in [9.17, 15) is 19.5 Å². The fraction of sp³-hybridized carbons (Fsp3) is 0.276. The van der Waals surface area contributed by atoms with Crippen LogP contribution < -0.4 is 15.4 Å². The molecule has 1 unspecified atom stereocenters. The van der Waals surface area contributed by atoms with E-state index in [-0.39, 0.29) is 18.1 Å². The van der Waals surface area contributed by atoms with Crippen molar-refractivity contribution in [1.82, 2.24) is 5.32 Å². The van der Waals surface area contributed by atoms with Gasteiger partial charge in [0.25, 0.3) is 5.91 Å². The highest BCUT2D eigenvalue weighted by Crippen LogP contribution is 2.22. The molecular weight excluding hydrogens is 472 g/mol.